The monoisotopic (exact) mass is 253 g/mol. The van der Waals surface area contributed by atoms with Crippen LogP contribution in [-0.4, -0.2) is 7.11 Å². The molecule has 0 spiro atoms. The van der Waals surface area contributed by atoms with Crippen LogP contribution in [0.1, 0.15) is 42.9 Å². The molecule has 0 saturated heterocycles. The molecule has 0 amide bonds. The summed E-state index contributed by atoms with van der Waals surface area (Å²) < 4.78 is 5.47. The van der Waals surface area contributed by atoms with Crippen LogP contribution in [0.4, 0.5) is 0 Å². The average Bonchev–Trinajstić information content (AvgIpc) is 2.80. The molecule has 1 unspecified atom stereocenters. The molecule has 0 aromatic heterocycles. The lowest BCUT2D eigenvalue weighted by Gasteiger charge is -2.22. The molecule has 17 heavy (non-hydrogen) atoms. The minimum absolute atomic E-state index is 0.0462. The van der Waals surface area contributed by atoms with Gasteiger partial charge in [-0.2, -0.15) is 0 Å². The Kier molecular flexibility index (Phi) is 3.95. The lowest BCUT2D eigenvalue weighted by molar-refractivity contribution is 0.383. The van der Waals surface area contributed by atoms with Crippen molar-refractivity contribution >= 4 is 11.6 Å². The first kappa shape index (κ1) is 12.7. The molecular weight excluding hydrogens is 234 g/mol. The van der Waals surface area contributed by atoms with Crippen molar-refractivity contribution in [3.63, 3.8) is 0 Å². The normalized spacial score (nSPS) is 18.4. The van der Waals surface area contributed by atoms with Gasteiger partial charge in [0, 0.05) is 16.6 Å². The lowest BCUT2D eigenvalue weighted by atomic mass is 9.91. The lowest BCUT2D eigenvalue weighted by Crippen LogP contribution is -2.20. The predicted molar refractivity (Wildman–Crippen MR) is 71.6 cm³/mol. The van der Waals surface area contributed by atoms with Crippen LogP contribution in [0.5, 0.6) is 5.75 Å². The summed E-state index contributed by atoms with van der Waals surface area (Å²) in [5.41, 5.74) is 8.49. The van der Waals surface area contributed by atoms with Gasteiger partial charge in [0.05, 0.1) is 7.11 Å². The smallest absolute Gasteiger partial charge is 0.126 e. The van der Waals surface area contributed by atoms with Gasteiger partial charge >= 0.3 is 0 Å². The van der Waals surface area contributed by atoms with Gasteiger partial charge in [0.15, 0.2) is 0 Å². The van der Waals surface area contributed by atoms with E-state index in [1.54, 1.807) is 7.11 Å². The zero-order valence-electron chi connectivity index (χ0n) is 10.5. The molecule has 1 aliphatic rings. The average molecular weight is 254 g/mol. The molecule has 0 heterocycles. The zero-order chi connectivity index (χ0) is 12.4. The second-order valence-electron chi connectivity index (χ2n) is 4.92. The molecule has 1 aromatic carbocycles. The maximum Gasteiger partial charge on any atom is 0.126 e. The third-order valence-corrected chi connectivity index (χ3v) is 3.96. The van der Waals surface area contributed by atoms with Gasteiger partial charge in [-0.3, -0.25) is 0 Å². The Hall–Kier alpha value is -0.730. The van der Waals surface area contributed by atoms with E-state index in [4.69, 9.17) is 22.1 Å². The molecule has 1 atom stereocenters. The number of hydrogen-bond acceptors (Lipinski definition) is 2. The van der Waals surface area contributed by atoms with E-state index in [2.05, 4.69) is 0 Å². The quantitative estimate of drug-likeness (QED) is 0.888. The Morgan fingerprint density at radius 2 is 2.00 bits per heavy atom. The maximum absolute atomic E-state index is 6.38. The van der Waals surface area contributed by atoms with E-state index in [-0.39, 0.29) is 6.04 Å². The molecule has 2 nitrogen and oxygen atoms in total. The van der Waals surface area contributed by atoms with Crippen LogP contribution in [0.15, 0.2) is 12.1 Å². The molecule has 0 bridgehead atoms. The second-order valence-corrected chi connectivity index (χ2v) is 5.35. The molecule has 2 rings (SSSR count). The highest BCUT2D eigenvalue weighted by atomic mass is 35.5. The van der Waals surface area contributed by atoms with Crippen molar-refractivity contribution in [3.8, 4) is 5.75 Å². The summed E-state index contributed by atoms with van der Waals surface area (Å²) in [4.78, 5) is 0. The summed E-state index contributed by atoms with van der Waals surface area (Å²) in [5.74, 6) is 1.47. The van der Waals surface area contributed by atoms with E-state index < -0.39 is 0 Å². The van der Waals surface area contributed by atoms with Gasteiger partial charge in [-0.1, -0.05) is 24.4 Å². The summed E-state index contributed by atoms with van der Waals surface area (Å²) in [5, 5.41) is 0.742. The van der Waals surface area contributed by atoms with E-state index in [9.17, 15) is 0 Å². The van der Waals surface area contributed by atoms with Crippen molar-refractivity contribution in [2.45, 2.75) is 38.6 Å². The number of aryl methyl sites for hydroxylation is 1. The first-order chi connectivity index (χ1) is 8.13. The Balaban J connectivity index is 2.35. The number of methoxy groups -OCH3 is 1. The fourth-order valence-electron chi connectivity index (χ4n) is 2.85. The predicted octanol–water partition coefficient (Wildman–Crippen LogP) is 3.85. The standard InChI is InChI=1S/C14H20ClNO/c1-9-7-11(15)8-12(14(9)17-2)13(16)10-5-3-4-6-10/h7-8,10,13H,3-6,16H2,1-2H3. The number of benzene rings is 1. The van der Waals surface area contributed by atoms with Gasteiger partial charge in [0.2, 0.25) is 0 Å². The van der Waals surface area contributed by atoms with Crippen LogP contribution in [0.25, 0.3) is 0 Å². The van der Waals surface area contributed by atoms with Crippen LogP contribution in [0.3, 0.4) is 0 Å². The van der Waals surface area contributed by atoms with Crippen LogP contribution in [0.2, 0.25) is 5.02 Å². The molecular formula is C14H20ClNO. The van der Waals surface area contributed by atoms with Crippen LogP contribution >= 0.6 is 11.6 Å². The molecule has 1 aromatic rings. The molecule has 2 N–H and O–H groups in total. The van der Waals surface area contributed by atoms with E-state index in [1.807, 2.05) is 19.1 Å². The van der Waals surface area contributed by atoms with E-state index in [0.29, 0.717) is 5.92 Å². The third kappa shape index (κ3) is 2.58. The Labute approximate surface area is 108 Å². The first-order valence-electron chi connectivity index (χ1n) is 6.23. The molecule has 1 saturated carbocycles. The fraction of sp³-hybridized carbons (Fsp3) is 0.571. The second kappa shape index (κ2) is 5.28. The summed E-state index contributed by atoms with van der Waals surface area (Å²) in [7, 11) is 1.70. The molecule has 0 aliphatic heterocycles. The van der Waals surface area contributed by atoms with Crippen molar-refractivity contribution in [2.24, 2.45) is 11.7 Å². The van der Waals surface area contributed by atoms with E-state index in [0.717, 1.165) is 21.9 Å². The summed E-state index contributed by atoms with van der Waals surface area (Å²) in [6.45, 7) is 2.01. The van der Waals surface area contributed by atoms with Crippen molar-refractivity contribution in [1.82, 2.24) is 0 Å². The Morgan fingerprint density at radius 1 is 1.35 bits per heavy atom. The maximum atomic E-state index is 6.38. The van der Waals surface area contributed by atoms with Gasteiger partial charge in [0.1, 0.15) is 5.75 Å². The van der Waals surface area contributed by atoms with Crippen LogP contribution in [-0.2, 0) is 0 Å². The summed E-state index contributed by atoms with van der Waals surface area (Å²) >= 11 is 6.12. The zero-order valence-corrected chi connectivity index (χ0v) is 11.3. The molecule has 3 heteroatoms. The van der Waals surface area contributed by atoms with Gasteiger partial charge in [-0.25, -0.2) is 0 Å². The van der Waals surface area contributed by atoms with E-state index in [1.165, 1.54) is 25.7 Å². The van der Waals surface area contributed by atoms with Crippen LogP contribution < -0.4 is 10.5 Å². The van der Waals surface area contributed by atoms with E-state index >= 15 is 0 Å². The summed E-state index contributed by atoms with van der Waals surface area (Å²) in [6, 6.07) is 3.92. The van der Waals surface area contributed by atoms with Crippen molar-refractivity contribution in [1.29, 1.82) is 0 Å². The highest BCUT2D eigenvalue weighted by Gasteiger charge is 2.26. The van der Waals surface area contributed by atoms with Gasteiger partial charge < -0.3 is 10.5 Å². The number of rotatable bonds is 3. The number of hydrogen-bond donors (Lipinski definition) is 1. The van der Waals surface area contributed by atoms with Crippen LogP contribution in [0, 0.1) is 12.8 Å². The van der Waals surface area contributed by atoms with Crippen molar-refractivity contribution in [2.75, 3.05) is 7.11 Å². The van der Waals surface area contributed by atoms with Crippen molar-refractivity contribution in [3.05, 3.63) is 28.3 Å². The number of nitrogens with two attached hydrogens (primary N) is 1. The number of halogens is 1. The highest BCUT2D eigenvalue weighted by molar-refractivity contribution is 6.30. The Morgan fingerprint density at radius 3 is 2.59 bits per heavy atom. The largest absolute Gasteiger partial charge is 0.496 e. The molecule has 0 radical (unpaired) electrons. The highest BCUT2D eigenvalue weighted by Crippen LogP contribution is 2.39. The van der Waals surface area contributed by atoms with Gasteiger partial charge in [0.25, 0.3) is 0 Å². The number of ether oxygens (including phenoxy) is 1. The van der Waals surface area contributed by atoms with Gasteiger partial charge in [-0.05, 0) is 43.4 Å². The minimum atomic E-state index is 0.0462. The summed E-state index contributed by atoms with van der Waals surface area (Å²) in [6.07, 6.45) is 5.02. The fourth-order valence-corrected chi connectivity index (χ4v) is 3.13. The SMILES string of the molecule is COc1c(C)cc(Cl)cc1C(N)C1CCCC1. The first-order valence-corrected chi connectivity index (χ1v) is 6.61. The molecule has 1 aliphatic carbocycles. The Bertz CT molecular complexity index is 399. The molecule has 94 valence electrons. The third-order valence-electron chi connectivity index (χ3n) is 3.74. The molecule has 1 fully saturated rings. The van der Waals surface area contributed by atoms with Crippen molar-refractivity contribution < 1.29 is 4.74 Å². The minimum Gasteiger partial charge on any atom is -0.496 e. The topological polar surface area (TPSA) is 35.2 Å². The van der Waals surface area contributed by atoms with Gasteiger partial charge in [-0.15, -0.1) is 0 Å².